The van der Waals surface area contributed by atoms with Gasteiger partial charge in [-0.05, 0) is 59.5 Å². The van der Waals surface area contributed by atoms with Crippen molar-refractivity contribution in [3.63, 3.8) is 0 Å². The van der Waals surface area contributed by atoms with E-state index in [9.17, 15) is 0 Å². The SMILES string of the molecule is C[C@@H](c1ccc(N2CCCC2)nc1)N(C)c1ccc(Br)cn1. The molecule has 0 aromatic carbocycles. The summed E-state index contributed by atoms with van der Waals surface area (Å²) < 4.78 is 0.994. The van der Waals surface area contributed by atoms with E-state index in [2.05, 4.69) is 61.8 Å². The van der Waals surface area contributed by atoms with E-state index in [0.29, 0.717) is 0 Å². The van der Waals surface area contributed by atoms with Crippen LogP contribution in [-0.4, -0.2) is 30.1 Å². The summed E-state index contributed by atoms with van der Waals surface area (Å²) in [7, 11) is 2.06. The summed E-state index contributed by atoms with van der Waals surface area (Å²) >= 11 is 3.42. The molecule has 0 amide bonds. The number of nitrogens with zero attached hydrogens (tertiary/aromatic N) is 4. The lowest BCUT2D eigenvalue weighted by atomic mass is 10.1. The lowest BCUT2D eigenvalue weighted by molar-refractivity contribution is 0.724. The van der Waals surface area contributed by atoms with E-state index < -0.39 is 0 Å². The normalized spacial score (nSPS) is 15.9. The number of halogens is 1. The predicted molar refractivity (Wildman–Crippen MR) is 94.4 cm³/mol. The highest BCUT2D eigenvalue weighted by atomic mass is 79.9. The van der Waals surface area contributed by atoms with Gasteiger partial charge in [0, 0.05) is 37.0 Å². The van der Waals surface area contributed by atoms with Gasteiger partial charge >= 0.3 is 0 Å². The quantitative estimate of drug-likeness (QED) is 0.823. The van der Waals surface area contributed by atoms with Gasteiger partial charge < -0.3 is 9.80 Å². The molecule has 116 valence electrons. The minimum absolute atomic E-state index is 0.230. The van der Waals surface area contributed by atoms with Gasteiger partial charge in [-0.1, -0.05) is 6.07 Å². The summed E-state index contributed by atoms with van der Waals surface area (Å²) in [6.45, 7) is 4.44. The fourth-order valence-electron chi connectivity index (χ4n) is 2.78. The highest BCUT2D eigenvalue weighted by Gasteiger charge is 2.16. The molecule has 0 radical (unpaired) electrons. The van der Waals surface area contributed by atoms with E-state index >= 15 is 0 Å². The van der Waals surface area contributed by atoms with Gasteiger partial charge in [-0.2, -0.15) is 0 Å². The second-order valence-corrected chi connectivity index (χ2v) is 6.68. The maximum Gasteiger partial charge on any atom is 0.128 e. The molecule has 22 heavy (non-hydrogen) atoms. The first-order valence-corrected chi connectivity index (χ1v) is 8.50. The molecular formula is C17H21BrN4. The van der Waals surface area contributed by atoms with Crippen LogP contribution in [0.4, 0.5) is 11.6 Å². The fourth-order valence-corrected chi connectivity index (χ4v) is 3.01. The second kappa shape index (κ2) is 6.65. The van der Waals surface area contributed by atoms with Gasteiger partial charge in [-0.15, -0.1) is 0 Å². The number of rotatable bonds is 4. The molecule has 3 rings (SSSR count). The topological polar surface area (TPSA) is 32.3 Å². The van der Waals surface area contributed by atoms with Crippen LogP contribution in [0.25, 0.3) is 0 Å². The molecule has 0 N–H and O–H groups in total. The molecule has 0 aliphatic carbocycles. The van der Waals surface area contributed by atoms with Crippen molar-refractivity contribution < 1.29 is 0 Å². The zero-order valence-electron chi connectivity index (χ0n) is 13.0. The summed E-state index contributed by atoms with van der Waals surface area (Å²) in [6.07, 6.45) is 6.37. The third-order valence-corrected chi connectivity index (χ3v) is 4.81. The largest absolute Gasteiger partial charge is 0.357 e. The molecule has 2 aromatic heterocycles. The monoisotopic (exact) mass is 360 g/mol. The Morgan fingerprint density at radius 2 is 1.86 bits per heavy atom. The van der Waals surface area contributed by atoms with Crippen molar-refractivity contribution in [3.8, 4) is 0 Å². The number of pyridine rings is 2. The van der Waals surface area contributed by atoms with Crippen LogP contribution in [0.5, 0.6) is 0 Å². The fraction of sp³-hybridized carbons (Fsp3) is 0.412. The molecule has 1 aliphatic heterocycles. The molecule has 3 heterocycles. The minimum Gasteiger partial charge on any atom is -0.357 e. The first kappa shape index (κ1) is 15.3. The zero-order valence-corrected chi connectivity index (χ0v) is 14.6. The maximum absolute atomic E-state index is 4.64. The van der Waals surface area contributed by atoms with E-state index in [4.69, 9.17) is 0 Å². The third kappa shape index (κ3) is 3.24. The van der Waals surface area contributed by atoms with Gasteiger partial charge in [0.15, 0.2) is 0 Å². The lowest BCUT2D eigenvalue weighted by Crippen LogP contribution is -2.23. The van der Waals surface area contributed by atoms with Gasteiger partial charge in [0.25, 0.3) is 0 Å². The third-order valence-electron chi connectivity index (χ3n) is 4.34. The highest BCUT2D eigenvalue weighted by molar-refractivity contribution is 9.10. The molecule has 1 fully saturated rings. The Balaban J connectivity index is 1.73. The van der Waals surface area contributed by atoms with Gasteiger partial charge in [0.1, 0.15) is 11.6 Å². The molecule has 1 atom stereocenters. The molecular weight excluding hydrogens is 340 g/mol. The van der Waals surface area contributed by atoms with Gasteiger partial charge in [0.2, 0.25) is 0 Å². The van der Waals surface area contributed by atoms with E-state index in [1.54, 1.807) is 0 Å². The molecule has 2 aromatic rings. The first-order valence-electron chi connectivity index (χ1n) is 7.70. The number of aromatic nitrogens is 2. The summed E-state index contributed by atoms with van der Waals surface area (Å²) in [5, 5.41) is 0. The van der Waals surface area contributed by atoms with Crippen LogP contribution in [0.15, 0.2) is 41.1 Å². The van der Waals surface area contributed by atoms with Gasteiger partial charge in [-0.3, -0.25) is 0 Å². The van der Waals surface area contributed by atoms with Crippen molar-refractivity contribution >= 4 is 27.6 Å². The Morgan fingerprint density at radius 1 is 1.09 bits per heavy atom. The van der Waals surface area contributed by atoms with Crippen molar-refractivity contribution in [1.29, 1.82) is 0 Å². The van der Waals surface area contributed by atoms with Gasteiger partial charge in [0.05, 0.1) is 6.04 Å². The summed E-state index contributed by atoms with van der Waals surface area (Å²) in [5.74, 6) is 2.05. The van der Waals surface area contributed by atoms with Crippen LogP contribution in [0, 0.1) is 0 Å². The Morgan fingerprint density at radius 3 is 2.45 bits per heavy atom. The lowest BCUT2D eigenvalue weighted by Gasteiger charge is -2.26. The van der Waals surface area contributed by atoms with Crippen LogP contribution in [0.1, 0.15) is 31.4 Å². The van der Waals surface area contributed by atoms with E-state index in [-0.39, 0.29) is 6.04 Å². The maximum atomic E-state index is 4.64. The smallest absolute Gasteiger partial charge is 0.128 e. The molecule has 4 nitrogen and oxygen atoms in total. The standard InChI is InChI=1S/C17H21BrN4/c1-13(21(2)16-8-6-15(18)12-20-16)14-5-7-17(19-11-14)22-9-3-4-10-22/h5-8,11-13H,3-4,9-10H2,1-2H3/t13-/m0/s1. The molecule has 1 saturated heterocycles. The van der Waals surface area contributed by atoms with Crippen LogP contribution in [0.3, 0.4) is 0 Å². The van der Waals surface area contributed by atoms with E-state index in [0.717, 1.165) is 29.2 Å². The van der Waals surface area contributed by atoms with Crippen LogP contribution >= 0.6 is 15.9 Å². The van der Waals surface area contributed by atoms with Crippen molar-refractivity contribution in [2.75, 3.05) is 29.9 Å². The first-order chi connectivity index (χ1) is 10.6. The van der Waals surface area contributed by atoms with Crippen molar-refractivity contribution in [3.05, 3.63) is 46.7 Å². The summed E-state index contributed by atoms with van der Waals surface area (Å²) in [4.78, 5) is 13.6. The van der Waals surface area contributed by atoms with Crippen molar-refractivity contribution in [2.45, 2.75) is 25.8 Å². The number of hydrogen-bond acceptors (Lipinski definition) is 4. The van der Waals surface area contributed by atoms with Crippen LogP contribution in [-0.2, 0) is 0 Å². The number of hydrogen-bond donors (Lipinski definition) is 0. The molecule has 0 unspecified atom stereocenters. The Bertz CT molecular complexity index is 606. The van der Waals surface area contributed by atoms with E-state index in [1.807, 2.05) is 24.5 Å². The number of anilines is 2. The van der Waals surface area contributed by atoms with E-state index in [1.165, 1.54) is 18.4 Å². The second-order valence-electron chi connectivity index (χ2n) is 5.77. The molecule has 0 bridgehead atoms. The minimum atomic E-state index is 0.230. The Labute approximate surface area is 140 Å². The molecule has 0 spiro atoms. The predicted octanol–water partition coefficient (Wildman–Crippen LogP) is 4.04. The Hall–Kier alpha value is -1.62. The summed E-state index contributed by atoms with van der Waals surface area (Å²) in [5.41, 5.74) is 1.20. The van der Waals surface area contributed by atoms with Crippen LogP contribution < -0.4 is 9.80 Å². The zero-order chi connectivity index (χ0) is 15.5. The van der Waals surface area contributed by atoms with Crippen molar-refractivity contribution in [2.24, 2.45) is 0 Å². The highest BCUT2D eigenvalue weighted by Crippen LogP contribution is 2.26. The van der Waals surface area contributed by atoms with Gasteiger partial charge in [-0.25, -0.2) is 9.97 Å². The molecule has 0 saturated carbocycles. The van der Waals surface area contributed by atoms with Crippen molar-refractivity contribution in [1.82, 2.24) is 9.97 Å². The average Bonchev–Trinajstić information content (AvgIpc) is 3.09. The van der Waals surface area contributed by atoms with Crippen LogP contribution in [0.2, 0.25) is 0 Å². The summed E-state index contributed by atoms with van der Waals surface area (Å²) in [6, 6.07) is 8.59. The average molecular weight is 361 g/mol. The molecule has 1 aliphatic rings. The molecule has 5 heteroatoms. The Kier molecular flexibility index (Phi) is 4.62.